The Morgan fingerprint density at radius 3 is 2.86 bits per heavy atom. The third kappa shape index (κ3) is 4.80. The summed E-state index contributed by atoms with van der Waals surface area (Å²) in [5.41, 5.74) is 1.38. The molecule has 1 saturated heterocycles. The maximum Gasteiger partial charge on any atom is 0.0340 e. The molecule has 0 spiro atoms. The first-order valence-electron chi connectivity index (χ1n) is 8.42. The topological polar surface area (TPSA) is 15.3 Å². The Morgan fingerprint density at radius 2 is 2.14 bits per heavy atom. The van der Waals surface area contributed by atoms with Crippen molar-refractivity contribution in [3.63, 3.8) is 0 Å². The van der Waals surface area contributed by atoms with Crippen LogP contribution < -0.4 is 5.32 Å². The van der Waals surface area contributed by atoms with Crippen LogP contribution in [0.15, 0.2) is 28.7 Å². The van der Waals surface area contributed by atoms with Gasteiger partial charge in [0, 0.05) is 23.1 Å². The standard InChI is InChI=1S/C18H29BrN2/c1-3-8-15-9-6-7-13-21(15)14-12-18(20-2)16-10-4-5-11-17(16)19/h4-5,10-11,15,18,20H,3,6-9,12-14H2,1-2H3. The fraction of sp³-hybridized carbons (Fsp3) is 0.667. The highest BCUT2D eigenvalue weighted by molar-refractivity contribution is 9.10. The van der Waals surface area contributed by atoms with E-state index in [0.717, 1.165) is 6.04 Å². The van der Waals surface area contributed by atoms with Crippen LogP contribution in [0.3, 0.4) is 0 Å². The molecule has 0 bridgehead atoms. The molecule has 2 rings (SSSR count). The Labute approximate surface area is 138 Å². The minimum absolute atomic E-state index is 0.435. The van der Waals surface area contributed by atoms with Gasteiger partial charge in [-0.05, 0) is 50.9 Å². The zero-order chi connectivity index (χ0) is 15.1. The number of hydrogen-bond acceptors (Lipinski definition) is 2. The van der Waals surface area contributed by atoms with Crippen molar-refractivity contribution in [2.45, 2.75) is 57.5 Å². The number of benzene rings is 1. The average molecular weight is 353 g/mol. The lowest BCUT2D eigenvalue weighted by Gasteiger charge is -2.36. The summed E-state index contributed by atoms with van der Waals surface area (Å²) in [6, 6.07) is 9.84. The molecule has 0 saturated carbocycles. The van der Waals surface area contributed by atoms with E-state index in [1.807, 2.05) is 0 Å². The van der Waals surface area contributed by atoms with Gasteiger partial charge in [-0.1, -0.05) is 53.9 Å². The van der Waals surface area contributed by atoms with Crippen molar-refractivity contribution in [3.05, 3.63) is 34.3 Å². The van der Waals surface area contributed by atoms with Crippen LogP contribution in [0.2, 0.25) is 0 Å². The third-order valence-electron chi connectivity index (χ3n) is 4.71. The molecule has 2 unspecified atom stereocenters. The first kappa shape index (κ1) is 17.0. The van der Waals surface area contributed by atoms with E-state index >= 15 is 0 Å². The number of halogens is 1. The maximum atomic E-state index is 3.69. The van der Waals surface area contributed by atoms with E-state index in [-0.39, 0.29) is 0 Å². The van der Waals surface area contributed by atoms with Crippen LogP contribution in [-0.2, 0) is 0 Å². The molecule has 21 heavy (non-hydrogen) atoms. The molecule has 1 aliphatic rings. The fourth-order valence-corrected chi connectivity index (χ4v) is 4.08. The Kier molecular flexibility index (Phi) is 7.21. The lowest BCUT2D eigenvalue weighted by molar-refractivity contribution is 0.133. The Bertz CT molecular complexity index is 419. The Hall–Kier alpha value is -0.380. The van der Waals surface area contributed by atoms with Crippen LogP contribution in [-0.4, -0.2) is 31.1 Å². The second-order valence-corrected chi connectivity index (χ2v) is 6.98. The number of nitrogens with zero attached hydrogens (tertiary/aromatic N) is 1. The van der Waals surface area contributed by atoms with Gasteiger partial charge in [0.2, 0.25) is 0 Å². The summed E-state index contributed by atoms with van der Waals surface area (Å²) in [5, 5.41) is 3.49. The van der Waals surface area contributed by atoms with Gasteiger partial charge in [-0.3, -0.25) is 0 Å². The van der Waals surface area contributed by atoms with Crippen molar-refractivity contribution in [2.24, 2.45) is 0 Å². The molecule has 118 valence electrons. The molecule has 1 N–H and O–H groups in total. The number of rotatable bonds is 7. The second-order valence-electron chi connectivity index (χ2n) is 6.13. The normalized spacial score (nSPS) is 21.4. The summed E-state index contributed by atoms with van der Waals surface area (Å²) in [6.45, 7) is 4.80. The monoisotopic (exact) mass is 352 g/mol. The number of hydrogen-bond donors (Lipinski definition) is 1. The van der Waals surface area contributed by atoms with Gasteiger partial charge in [0.15, 0.2) is 0 Å². The zero-order valence-electron chi connectivity index (χ0n) is 13.4. The fourth-order valence-electron chi connectivity index (χ4n) is 3.52. The minimum atomic E-state index is 0.435. The lowest BCUT2D eigenvalue weighted by atomic mass is 9.96. The molecule has 3 heteroatoms. The molecule has 0 aliphatic carbocycles. The number of nitrogens with one attached hydrogen (secondary N) is 1. The Balaban J connectivity index is 1.94. The quantitative estimate of drug-likeness (QED) is 0.761. The molecular formula is C18H29BrN2. The highest BCUT2D eigenvalue weighted by atomic mass is 79.9. The van der Waals surface area contributed by atoms with E-state index in [0.29, 0.717) is 6.04 Å². The molecule has 1 aliphatic heterocycles. The summed E-state index contributed by atoms with van der Waals surface area (Å²) < 4.78 is 1.22. The van der Waals surface area contributed by atoms with Crippen molar-refractivity contribution in [2.75, 3.05) is 20.1 Å². The van der Waals surface area contributed by atoms with Crippen molar-refractivity contribution >= 4 is 15.9 Å². The van der Waals surface area contributed by atoms with Crippen molar-refractivity contribution in [1.29, 1.82) is 0 Å². The summed E-state index contributed by atoms with van der Waals surface area (Å²) in [4.78, 5) is 2.73. The summed E-state index contributed by atoms with van der Waals surface area (Å²) >= 11 is 3.69. The summed E-state index contributed by atoms with van der Waals surface area (Å²) in [6.07, 6.45) is 8.03. The molecule has 1 fully saturated rings. The average Bonchev–Trinajstić information content (AvgIpc) is 2.51. The number of likely N-dealkylation sites (tertiary alicyclic amines) is 1. The van der Waals surface area contributed by atoms with E-state index in [9.17, 15) is 0 Å². The molecule has 1 aromatic carbocycles. The molecule has 1 heterocycles. The molecular weight excluding hydrogens is 324 g/mol. The van der Waals surface area contributed by atoms with Gasteiger partial charge in [-0.15, -0.1) is 0 Å². The summed E-state index contributed by atoms with van der Waals surface area (Å²) in [5.74, 6) is 0. The van der Waals surface area contributed by atoms with Gasteiger partial charge in [0.05, 0.1) is 0 Å². The van der Waals surface area contributed by atoms with Crippen LogP contribution in [0, 0.1) is 0 Å². The van der Waals surface area contributed by atoms with E-state index < -0.39 is 0 Å². The maximum absolute atomic E-state index is 3.69. The molecule has 0 radical (unpaired) electrons. The minimum Gasteiger partial charge on any atom is -0.313 e. The van der Waals surface area contributed by atoms with Crippen LogP contribution >= 0.6 is 15.9 Å². The van der Waals surface area contributed by atoms with Crippen LogP contribution in [0.1, 0.15) is 57.1 Å². The predicted octanol–water partition coefficient (Wildman–Crippen LogP) is 4.75. The smallest absolute Gasteiger partial charge is 0.0340 e. The van der Waals surface area contributed by atoms with E-state index in [1.54, 1.807) is 0 Å². The van der Waals surface area contributed by atoms with Gasteiger partial charge >= 0.3 is 0 Å². The van der Waals surface area contributed by atoms with E-state index in [1.165, 1.54) is 61.7 Å². The highest BCUT2D eigenvalue weighted by Gasteiger charge is 2.22. The zero-order valence-corrected chi connectivity index (χ0v) is 15.0. The first-order valence-corrected chi connectivity index (χ1v) is 9.21. The molecule has 2 atom stereocenters. The van der Waals surface area contributed by atoms with Crippen LogP contribution in [0.4, 0.5) is 0 Å². The van der Waals surface area contributed by atoms with Crippen LogP contribution in [0.25, 0.3) is 0 Å². The number of piperidine rings is 1. The van der Waals surface area contributed by atoms with E-state index in [4.69, 9.17) is 0 Å². The molecule has 1 aromatic rings. The molecule has 2 nitrogen and oxygen atoms in total. The van der Waals surface area contributed by atoms with Gasteiger partial charge in [-0.25, -0.2) is 0 Å². The van der Waals surface area contributed by atoms with Gasteiger partial charge in [0.1, 0.15) is 0 Å². The Morgan fingerprint density at radius 1 is 1.33 bits per heavy atom. The van der Waals surface area contributed by atoms with Crippen molar-refractivity contribution in [3.8, 4) is 0 Å². The second kappa shape index (κ2) is 8.92. The molecule has 0 aromatic heterocycles. The third-order valence-corrected chi connectivity index (χ3v) is 5.43. The van der Waals surface area contributed by atoms with Crippen molar-refractivity contribution < 1.29 is 0 Å². The summed E-state index contributed by atoms with van der Waals surface area (Å²) in [7, 11) is 2.07. The SMILES string of the molecule is CCCC1CCCCN1CCC(NC)c1ccccc1Br. The van der Waals surface area contributed by atoms with Crippen LogP contribution in [0.5, 0.6) is 0 Å². The van der Waals surface area contributed by atoms with Gasteiger partial charge in [0.25, 0.3) is 0 Å². The first-order chi connectivity index (χ1) is 10.3. The van der Waals surface area contributed by atoms with Gasteiger partial charge in [-0.2, -0.15) is 0 Å². The lowest BCUT2D eigenvalue weighted by Crippen LogP contribution is -2.41. The van der Waals surface area contributed by atoms with E-state index in [2.05, 4.69) is 64.4 Å². The predicted molar refractivity (Wildman–Crippen MR) is 94.7 cm³/mol. The van der Waals surface area contributed by atoms with Gasteiger partial charge < -0.3 is 10.2 Å². The van der Waals surface area contributed by atoms with Crippen molar-refractivity contribution in [1.82, 2.24) is 10.2 Å². The molecule has 0 amide bonds. The largest absolute Gasteiger partial charge is 0.313 e. The highest BCUT2D eigenvalue weighted by Crippen LogP contribution is 2.27.